The highest BCUT2D eigenvalue weighted by Gasteiger charge is 2.34. The molecule has 0 saturated carbocycles. The summed E-state index contributed by atoms with van der Waals surface area (Å²) < 4.78 is 50.4. The molecule has 0 aliphatic rings. The first-order valence-electron chi connectivity index (χ1n) is 5.38. The second-order valence-corrected chi connectivity index (χ2v) is 4.04. The Labute approximate surface area is 102 Å². The molecule has 1 unspecified atom stereocenters. The molecule has 0 radical (unpaired) electrons. The van der Waals surface area contributed by atoms with Crippen molar-refractivity contribution in [3.8, 4) is 0 Å². The van der Waals surface area contributed by atoms with E-state index in [1.165, 1.54) is 0 Å². The van der Waals surface area contributed by atoms with Crippen molar-refractivity contribution in [2.45, 2.75) is 19.5 Å². The van der Waals surface area contributed by atoms with Gasteiger partial charge < -0.3 is 5.73 Å². The van der Waals surface area contributed by atoms with E-state index in [9.17, 15) is 22.4 Å². The molecule has 1 atom stereocenters. The standard InChI is InChI=1S/C12H13F4NO/c1-7(4-5-17)11(18)8-2-3-10(13)9(6-8)12(14,15)16/h2-3,6-7H,4-5,17H2,1H3. The van der Waals surface area contributed by atoms with Crippen molar-refractivity contribution in [1.29, 1.82) is 0 Å². The maximum Gasteiger partial charge on any atom is 0.419 e. The van der Waals surface area contributed by atoms with E-state index in [-0.39, 0.29) is 12.1 Å². The number of Topliss-reactive ketones (excluding diaryl/α,β-unsaturated/α-hetero) is 1. The number of nitrogens with two attached hydrogens (primary N) is 1. The fourth-order valence-electron chi connectivity index (χ4n) is 1.56. The molecule has 0 aliphatic heterocycles. The van der Waals surface area contributed by atoms with Gasteiger partial charge in [-0.15, -0.1) is 0 Å². The van der Waals surface area contributed by atoms with E-state index >= 15 is 0 Å². The summed E-state index contributed by atoms with van der Waals surface area (Å²) in [6.45, 7) is 1.84. The van der Waals surface area contributed by atoms with Gasteiger partial charge in [0.05, 0.1) is 5.56 Å². The van der Waals surface area contributed by atoms with Crippen LogP contribution in [0, 0.1) is 11.7 Å². The van der Waals surface area contributed by atoms with E-state index < -0.39 is 29.3 Å². The minimum Gasteiger partial charge on any atom is -0.330 e. The highest BCUT2D eigenvalue weighted by molar-refractivity contribution is 5.97. The van der Waals surface area contributed by atoms with E-state index in [1.807, 2.05) is 0 Å². The number of hydrogen-bond donors (Lipinski definition) is 1. The van der Waals surface area contributed by atoms with Crippen LogP contribution in [0.1, 0.15) is 29.3 Å². The van der Waals surface area contributed by atoms with Crippen LogP contribution in [0.15, 0.2) is 18.2 Å². The van der Waals surface area contributed by atoms with E-state index in [4.69, 9.17) is 5.73 Å². The number of rotatable bonds is 4. The van der Waals surface area contributed by atoms with Crippen molar-refractivity contribution >= 4 is 5.78 Å². The molecular weight excluding hydrogens is 250 g/mol. The van der Waals surface area contributed by atoms with Gasteiger partial charge in [0.25, 0.3) is 0 Å². The van der Waals surface area contributed by atoms with E-state index in [0.29, 0.717) is 18.6 Å². The maximum atomic E-state index is 13.0. The number of benzene rings is 1. The molecule has 6 heteroatoms. The lowest BCUT2D eigenvalue weighted by Crippen LogP contribution is -2.17. The quantitative estimate of drug-likeness (QED) is 0.670. The number of carbonyl (C=O) groups excluding carboxylic acids is 1. The van der Waals surface area contributed by atoms with Crippen molar-refractivity contribution in [3.05, 3.63) is 35.1 Å². The van der Waals surface area contributed by atoms with Crippen LogP contribution in [-0.2, 0) is 6.18 Å². The highest BCUT2D eigenvalue weighted by atomic mass is 19.4. The van der Waals surface area contributed by atoms with Crippen LogP contribution in [-0.4, -0.2) is 12.3 Å². The summed E-state index contributed by atoms with van der Waals surface area (Å²) in [4.78, 5) is 11.8. The van der Waals surface area contributed by atoms with Gasteiger partial charge in [0.1, 0.15) is 5.82 Å². The van der Waals surface area contributed by atoms with Gasteiger partial charge in [-0.3, -0.25) is 4.79 Å². The van der Waals surface area contributed by atoms with Gasteiger partial charge >= 0.3 is 6.18 Å². The van der Waals surface area contributed by atoms with Gasteiger partial charge in [0, 0.05) is 11.5 Å². The smallest absolute Gasteiger partial charge is 0.330 e. The molecule has 2 N–H and O–H groups in total. The molecule has 1 aromatic carbocycles. The van der Waals surface area contributed by atoms with Crippen LogP contribution in [0.3, 0.4) is 0 Å². The predicted molar refractivity (Wildman–Crippen MR) is 58.6 cm³/mol. The number of carbonyl (C=O) groups is 1. The molecule has 0 spiro atoms. The third-order valence-electron chi connectivity index (χ3n) is 2.60. The zero-order valence-corrected chi connectivity index (χ0v) is 9.72. The molecule has 18 heavy (non-hydrogen) atoms. The van der Waals surface area contributed by atoms with E-state index in [1.54, 1.807) is 6.92 Å². The molecule has 0 amide bonds. The Kier molecular flexibility index (Phi) is 4.45. The first-order chi connectivity index (χ1) is 8.27. The third kappa shape index (κ3) is 3.29. The van der Waals surface area contributed by atoms with Gasteiger partial charge in [0.15, 0.2) is 5.78 Å². The molecule has 1 aromatic rings. The van der Waals surface area contributed by atoms with Crippen molar-refractivity contribution in [2.24, 2.45) is 11.7 Å². The molecule has 0 aromatic heterocycles. The van der Waals surface area contributed by atoms with Gasteiger partial charge in [-0.05, 0) is 31.2 Å². The van der Waals surface area contributed by atoms with Gasteiger partial charge in [-0.2, -0.15) is 13.2 Å². The molecule has 0 heterocycles. The number of halogens is 4. The lowest BCUT2D eigenvalue weighted by atomic mass is 9.95. The van der Waals surface area contributed by atoms with Gasteiger partial charge in [-0.1, -0.05) is 6.92 Å². The zero-order chi connectivity index (χ0) is 13.9. The Balaban J connectivity index is 3.09. The Bertz CT molecular complexity index is 442. The number of ketones is 1. The normalized spacial score (nSPS) is 13.4. The average molecular weight is 263 g/mol. The Morgan fingerprint density at radius 2 is 2.00 bits per heavy atom. The van der Waals surface area contributed by atoms with Crippen LogP contribution >= 0.6 is 0 Å². The second kappa shape index (κ2) is 5.48. The van der Waals surface area contributed by atoms with E-state index in [0.717, 1.165) is 6.07 Å². The first-order valence-corrected chi connectivity index (χ1v) is 5.38. The van der Waals surface area contributed by atoms with Crippen LogP contribution in [0.5, 0.6) is 0 Å². The Morgan fingerprint density at radius 1 is 1.39 bits per heavy atom. The van der Waals surface area contributed by atoms with Gasteiger partial charge in [-0.25, -0.2) is 4.39 Å². The first kappa shape index (κ1) is 14.6. The fraction of sp³-hybridized carbons (Fsp3) is 0.417. The molecule has 100 valence electrons. The second-order valence-electron chi connectivity index (χ2n) is 4.04. The zero-order valence-electron chi connectivity index (χ0n) is 9.72. The van der Waals surface area contributed by atoms with Crippen LogP contribution < -0.4 is 5.73 Å². The lowest BCUT2D eigenvalue weighted by molar-refractivity contribution is -0.140. The lowest BCUT2D eigenvalue weighted by Gasteiger charge is -2.12. The Hall–Kier alpha value is -1.43. The topological polar surface area (TPSA) is 43.1 Å². The van der Waals surface area contributed by atoms with E-state index in [2.05, 4.69) is 0 Å². The summed E-state index contributed by atoms with van der Waals surface area (Å²) in [6.07, 6.45) is -4.44. The highest BCUT2D eigenvalue weighted by Crippen LogP contribution is 2.32. The molecule has 0 saturated heterocycles. The van der Waals surface area contributed by atoms with Gasteiger partial charge in [0.2, 0.25) is 0 Å². The Morgan fingerprint density at radius 3 is 2.50 bits per heavy atom. The van der Waals surface area contributed by atoms with Crippen molar-refractivity contribution in [1.82, 2.24) is 0 Å². The summed E-state index contributed by atoms with van der Waals surface area (Å²) in [5.41, 5.74) is 3.71. The number of hydrogen-bond acceptors (Lipinski definition) is 2. The SMILES string of the molecule is CC(CCN)C(=O)c1ccc(F)c(C(F)(F)F)c1. The molecule has 0 aliphatic carbocycles. The summed E-state index contributed by atoms with van der Waals surface area (Å²) in [7, 11) is 0. The fourth-order valence-corrected chi connectivity index (χ4v) is 1.56. The monoisotopic (exact) mass is 263 g/mol. The summed E-state index contributed by atoms with van der Waals surface area (Å²) in [5, 5.41) is 0. The van der Waals surface area contributed by atoms with Crippen LogP contribution in [0.25, 0.3) is 0 Å². The van der Waals surface area contributed by atoms with Crippen LogP contribution in [0.4, 0.5) is 17.6 Å². The maximum absolute atomic E-state index is 13.0. The third-order valence-corrected chi connectivity index (χ3v) is 2.60. The predicted octanol–water partition coefficient (Wildman–Crippen LogP) is 3.01. The minimum absolute atomic E-state index is 0.148. The summed E-state index contributed by atoms with van der Waals surface area (Å²) in [6, 6.07) is 2.26. The molecular formula is C12H13F4NO. The average Bonchev–Trinajstić information content (AvgIpc) is 2.27. The number of alkyl halides is 3. The molecule has 2 nitrogen and oxygen atoms in total. The molecule has 1 rings (SSSR count). The van der Waals surface area contributed by atoms with Crippen molar-refractivity contribution < 1.29 is 22.4 Å². The summed E-state index contributed by atoms with van der Waals surface area (Å²) in [5.74, 6) is -2.34. The van der Waals surface area contributed by atoms with Crippen molar-refractivity contribution in [2.75, 3.05) is 6.54 Å². The minimum atomic E-state index is -4.81. The van der Waals surface area contributed by atoms with Crippen LogP contribution in [0.2, 0.25) is 0 Å². The largest absolute Gasteiger partial charge is 0.419 e. The molecule has 0 fully saturated rings. The van der Waals surface area contributed by atoms with Crippen molar-refractivity contribution in [3.63, 3.8) is 0 Å². The molecule has 0 bridgehead atoms. The summed E-state index contributed by atoms with van der Waals surface area (Å²) >= 11 is 0.